The Balaban J connectivity index is 1.69. The molecule has 0 bridgehead atoms. The molecule has 0 fully saturated rings. The highest BCUT2D eigenvalue weighted by atomic mass is 35.5. The summed E-state index contributed by atoms with van der Waals surface area (Å²) in [5, 5.41) is 3.56. The normalized spacial score (nSPS) is 11.1. The number of hydrogen-bond donors (Lipinski definition) is 3. The lowest BCUT2D eigenvalue weighted by molar-refractivity contribution is 0.102. The van der Waals surface area contributed by atoms with E-state index in [0.29, 0.717) is 15.6 Å². The maximum Gasteiger partial charge on any atom is 0.261 e. The highest BCUT2D eigenvalue weighted by Crippen LogP contribution is 2.34. The van der Waals surface area contributed by atoms with E-state index in [0.717, 1.165) is 11.1 Å². The molecule has 0 aliphatic heterocycles. The van der Waals surface area contributed by atoms with Crippen molar-refractivity contribution < 1.29 is 13.2 Å². The first kappa shape index (κ1) is 24.2. The van der Waals surface area contributed by atoms with Crippen molar-refractivity contribution in [2.75, 3.05) is 10.0 Å². The van der Waals surface area contributed by atoms with Gasteiger partial charge in [-0.3, -0.25) is 9.52 Å². The maximum atomic E-state index is 13.3. The van der Waals surface area contributed by atoms with Gasteiger partial charge in [0.1, 0.15) is 0 Å². The van der Waals surface area contributed by atoms with Crippen LogP contribution in [-0.2, 0) is 10.0 Å². The number of carbonyl (C=O) groups excluding carboxylic acids is 1. The fraction of sp³-hybridized carbons (Fsp3) is 0. The third kappa shape index (κ3) is 5.39. The monoisotopic (exact) mass is 528 g/mol. The summed E-state index contributed by atoms with van der Waals surface area (Å²) < 4.78 is 28.2. The molecule has 34 heavy (non-hydrogen) atoms. The zero-order chi connectivity index (χ0) is 24.3. The number of amides is 1. The van der Waals surface area contributed by atoms with E-state index in [1.807, 2.05) is 36.4 Å². The van der Waals surface area contributed by atoms with Gasteiger partial charge in [0.25, 0.3) is 15.9 Å². The predicted octanol–water partition coefficient (Wildman–Crippen LogP) is 7.00. The summed E-state index contributed by atoms with van der Waals surface area (Å²) in [6, 6.07) is 24.9. The molecular weight excluding hydrogens is 511 g/mol. The minimum atomic E-state index is -3.97. The third-order valence-corrected chi connectivity index (χ3v) is 7.19. The highest BCUT2D eigenvalue weighted by Gasteiger charge is 2.20. The van der Waals surface area contributed by atoms with Crippen LogP contribution in [0.25, 0.3) is 11.1 Å². The van der Waals surface area contributed by atoms with Crippen LogP contribution in [0.5, 0.6) is 0 Å². The van der Waals surface area contributed by atoms with Crippen LogP contribution in [0.1, 0.15) is 10.4 Å². The van der Waals surface area contributed by atoms with E-state index in [1.54, 1.807) is 12.1 Å². The Morgan fingerprint density at radius 3 is 2.15 bits per heavy atom. The fourth-order valence-electron chi connectivity index (χ4n) is 3.35. The number of anilines is 2. The van der Waals surface area contributed by atoms with Crippen molar-refractivity contribution in [1.82, 2.24) is 0 Å². The Bertz CT molecular complexity index is 1460. The van der Waals surface area contributed by atoms with Crippen molar-refractivity contribution >= 4 is 63.1 Å². The second kappa shape index (κ2) is 10.1. The van der Waals surface area contributed by atoms with Crippen molar-refractivity contribution in [3.8, 4) is 11.1 Å². The van der Waals surface area contributed by atoms with E-state index in [1.165, 1.54) is 42.5 Å². The first-order valence-corrected chi connectivity index (χ1v) is 12.7. The molecule has 0 heterocycles. The summed E-state index contributed by atoms with van der Waals surface area (Å²) in [5.74, 6) is -0.535. The van der Waals surface area contributed by atoms with Crippen LogP contribution in [0, 0.1) is 0 Å². The first-order chi connectivity index (χ1) is 16.2. The molecule has 172 valence electrons. The number of thiol groups is 1. The zero-order valence-electron chi connectivity index (χ0n) is 17.5. The quantitative estimate of drug-likeness (QED) is 0.236. The molecule has 5 nitrogen and oxygen atoms in total. The van der Waals surface area contributed by atoms with Gasteiger partial charge in [-0.1, -0.05) is 59.6 Å². The molecular formula is C25H18Cl2N2O3S2. The SMILES string of the molecule is O=C(Nc1cccc(S)c1-c1ccccc1)c1cc(Cl)ccc1NS(=O)(=O)c1ccc(Cl)cc1. The minimum Gasteiger partial charge on any atom is -0.321 e. The summed E-state index contributed by atoms with van der Waals surface area (Å²) in [5.41, 5.74) is 2.28. The zero-order valence-corrected chi connectivity index (χ0v) is 20.7. The van der Waals surface area contributed by atoms with Gasteiger partial charge in [-0.25, -0.2) is 8.42 Å². The Kier molecular flexibility index (Phi) is 7.19. The molecule has 0 atom stereocenters. The van der Waals surface area contributed by atoms with Crippen LogP contribution in [0.15, 0.2) is 101 Å². The summed E-state index contributed by atoms with van der Waals surface area (Å²) in [7, 11) is -3.97. The average Bonchev–Trinajstić information content (AvgIpc) is 2.81. The van der Waals surface area contributed by atoms with Gasteiger partial charge in [-0.15, -0.1) is 12.6 Å². The number of nitrogens with one attached hydrogen (secondary N) is 2. The molecule has 1 amide bonds. The molecule has 0 spiro atoms. The molecule has 0 saturated heterocycles. The van der Waals surface area contributed by atoms with Crippen molar-refractivity contribution in [3.05, 3.63) is 107 Å². The summed E-state index contributed by atoms with van der Waals surface area (Å²) >= 11 is 16.6. The van der Waals surface area contributed by atoms with E-state index < -0.39 is 15.9 Å². The summed E-state index contributed by atoms with van der Waals surface area (Å²) in [4.78, 5) is 14.0. The molecule has 9 heteroatoms. The van der Waals surface area contributed by atoms with Crippen LogP contribution in [0.2, 0.25) is 10.0 Å². The molecule has 4 aromatic rings. The standard InChI is InChI=1S/C25H18Cl2N2O3S2/c26-17-9-12-19(13-10-17)34(31,32)29-21-14-11-18(27)15-20(21)25(30)28-22-7-4-8-23(33)24(22)16-5-2-1-3-6-16/h1-15,29,33H,(H,28,30). The lowest BCUT2D eigenvalue weighted by atomic mass is 10.0. The number of carbonyl (C=O) groups is 1. The number of hydrogen-bond acceptors (Lipinski definition) is 4. The van der Waals surface area contributed by atoms with Crippen molar-refractivity contribution in [3.63, 3.8) is 0 Å². The molecule has 0 radical (unpaired) electrons. The van der Waals surface area contributed by atoms with Crippen molar-refractivity contribution in [2.45, 2.75) is 9.79 Å². The van der Waals surface area contributed by atoms with Crippen LogP contribution < -0.4 is 10.0 Å². The third-order valence-electron chi connectivity index (χ3n) is 4.95. The molecule has 4 aromatic carbocycles. The van der Waals surface area contributed by atoms with Gasteiger partial charge in [0.15, 0.2) is 0 Å². The van der Waals surface area contributed by atoms with Gasteiger partial charge in [-0.05, 0) is 60.2 Å². The number of rotatable bonds is 6. The van der Waals surface area contributed by atoms with Crippen LogP contribution in [0.3, 0.4) is 0 Å². The molecule has 2 N–H and O–H groups in total. The molecule has 0 aliphatic carbocycles. The van der Waals surface area contributed by atoms with E-state index in [4.69, 9.17) is 23.2 Å². The molecule has 4 rings (SSSR count). The van der Waals surface area contributed by atoms with E-state index in [2.05, 4.69) is 22.7 Å². The van der Waals surface area contributed by atoms with Gasteiger partial charge in [0.2, 0.25) is 0 Å². The summed E-state index contributed by atoms with van der Waals surface area (Å²) in [6.45, 7) is 0. The summed E-state index contributed by atoms with van der Waals surface area (Å²) in [6.07, 6.45) is 0. The predicted molar refractivity (Wildman–Crippen MR) is 141 cm³/mol. The highest BCUT2D eigenvalue weighted by molar-refractivity contribution is 7.92. The van der Waals surface area contributed by atoms with E-state index >= 15 is 0 Å². The molecule has 0 saturated carbocycles. The fourth-order valence-corrected chi connectivity index (χ4v) is 5.07. The Morgan fingerprint density at radius 2 is 1.44 bits per heavy atom. The van der Waals surface area contributed by atoms with Gasteiger partial charge in [-0.2, -0.15) is 0 Å². The first-order valence-electron chi connectivity index (χ1n) is 10.0. The Morgan fingerprint density at radius 1 is 0.765 bits per heavy atom. The lowest BCUT2D eigenvalue weighted by Gasteiger charge is -2.16. The van der Waals surface area contributed by atoms with Gasteiger partial charge >= 0.3 is 0 Å². The van der Waals surface area contributed by atoms with E-state index in [9.17, 15) is 13.2 Å². The smallest absolute Gasteiger partial charge is 0.261 e. The van der Waals surface area contributed by atoms with E-state index in [-0.39, 0.29) is 21.2 Å². The van der Waals surface area contributed by atoms with Crippen LogP contribution >= 0.6 is 35.8 Å². The van der Waals surface area contributed by atoms with Gasteiger partial charge in [0.05, 0.1) is 16.1 Å². The second-order valence-corrected chi connectivity index (χ2v) is 10.3. The molecule has 0 aromatic heterocycles. The van der Waals surface area contributed by atoms with Gasteiger partial charge in [0, 0.05) is 26.2 Å². The topological polar surface area (TPSA) is 75.3 Å². The molecule has 0 aliphatic rings. The Hall–Kier alpha value is -2.97. The molecule has 0 unspecified atom stereocenters. The number of benzene rings is 4. The second-order valence-electron chi connectivity index (χ2n) is 7.27. The largest absolute Gasteiger partial charge is 0.321 e. The number of halogens is 2. The lowest BCUT2D eigenvalue weighted by Crippen LogP contribution is -2.19. The van der Waals surface area contributed by atoms with Crippen molar-refractivity contribution in [1.29, 1.82) is 0 Å². The average molecular weight is 529 g/mol. The van der Waals surface area contributed by atoms with Crippen molar-refractivity contribution in [2.24, 2.45) is 0 Å². The maximum absolute atomic E-state index is 13.3. The minimum absolute atomic E-state index is 0.00680. The van der Waals surface area contributed by atoms with Crippen LogP contribution in [-0.4, -0.2) is 14.3 Å². The van der Waals surface area contributed by atoms with Gasteiger partial charge < -0.3 is 5.32 Å². The number of sulfonamides is 1. The Labute approximate surface area is 213 Å². The van der Waals surface area contributed by atoms with Crippen LogP contribution in [0.4, 0.5) is 11.4 Å².